The first-order valence-electron chi connectivity index (χ1n) is 5.25. The number of amides is 3. The number of carbonyl (C=O) groups excluding carboxylic acids is 2. The summed E-state index contributed by atoms with van der Waals surface area (Å²) in [4.78, 5) is 32.6. The summed E-state index contributed by atoms with van der Waals surface area (Å²) in [7, 11) is 0. The molecule has 17 heavy (non-hydrogen) atoms. The van der Waals surface area contributed by atoms with Gasteiger partial charge in [0.15, 0.2) is 0 Å². The summed E-state index contributed by atoms with van der Waals surface area (Å²) in [6.45, 7) is 5.38. The molecule has 0 aliphatic carbocycles. The van der Waals surface area contributed by atoms with Gasteiger partial charge in [-0.2, -0.15) is 0 Å². The van der Waals surface area contributed by atoms with Crippen molar-refractivity contribution >= 4 is 17.9 Å². The fraction of sp³-hybridized carbons (Fsp3) is 0.700. The molecule has 0 saturated carbocycles. The fourth-order valence-electron chi connectivity index (χ4n) is 0.968. The monoisotopic (exact) mass is 245 g/mol. The van der Waals surface area contributed by atoms with Gasteiger partial charge in [0.1, 0.15) is 0 Å². The Bertz CT molecular complexity index is 296. The number of hydrogen-bond donors (Lipinski definition) is 4. The Balaban J connectivity index is 3.70. The molecule has 3 amide bonds. The van der Waals surface area contributed by atoms with E-state index in [2.05, 4.69) is 16.0 Å². The number of carboxylic acids is 1. The van der Waals surface area contributed by atoms with Gasteiger partial charge in [-0.15, -0.1) is 0 Å². The molecule has 0 rings (SSSR count). The third-order valence-electron chi connectivity index (χ3n) is 1.55. The van der Waals surface area contributed by atoms with Crippen LogP contribution in [0.15, 0.2) is 0 Å². The average molecular weight is 245 g/mol. The summed E-state index contributed by atoms with van der Waals surface area (Å²) in [5.41, 5.74) is -0.349. The van der Waals surface area contributed by atoms with Crippen LogP contribution < -0.4 is 16.0 Å². The molecule has 7 nitrogen and oxygen atoms in total. The van der Waals surface area contributed by atoms with Crippen LogP contribution in [0.4, 0.5) is 4.79 Å². The largest absolute Gasteiger partial charge is 0.481 e. The minimum Gasteiger partial charge on any atom is -0.481 e. The maximum absolute atomic E-state index is 11.3. The van der Waals surface area contributed by atoms with Gasteiger partial charge in [0.2, 0.25) is 5.91 Å². The normalized spacial score (nSPS) is 10.5. The molecule has 0 spiro atoms. The van der Waals surface area contributed by atoms with E-state index in [1.165, 1.54) is 0 Å². The zero-order valence-electron chi connectivity index (χ0n) is 10.3. The Morgan fingerprint density at radius 1 is 1.12 bits per heavy atom. The van der Waals surface area contributed by atoms with Gasteiger partial charge < -0.3 is 21.1 Å². The molecule has 0 aliphatic rings. The number of urea groups is 1. The van der Waals surface area contributed by atoms with E-state index in [9.17, 15) is 14.4 Å². The number of carboxylic acid groups (broad SMARTS) is 1. The predicted octanol–water partition coefficient (Wildman–Crippen LogP) is -0.325. The molecule has 98 valence electrons. The van der Waals surface area contributed by atoms with Crippen LogP contribution in [0.3, 0.4) is 0 Å². The Hall–Kier alpha value is -1.79. The molecule has 0 radical (unpaired) electrons. The third kappa shape index (κ3) is 10.5. The van der Waals surface area contributed by atoms with Crippen molar-refractivity contribution in [3.8, 4) is 0 Å². The molecule has 0 saturated heterocycles. The average Bonchev–Trinajstić information content (AvgIpc) is 2.11. The molecular weight excluding hydrogens is 226 g/mol. The first-order chi connectivity index (χ1) is 7.70. The predicted molar refractivity (Wildman–Crippen MR) is 61.5 cm³/mol. The summed E-state index contributed by atoms with van der Waals surface area (Å²) < 4.78 is 0. The topological polar surface area (TPSA) is 108 Å². The summed E-state index contributed by atoms with van der Waals surface area (Å²) in [6.07, 6.45) is -0.151. The van der Waals surface area contributed by atoms with Crippen molar-refractivity contribution in [2.75, 3.05) is 13.1 Å². The molecule has 0 fully saturated rings. The number of carbonyl (C=O) groups is 3. The second kappa shape index (κ2) is 6.72. The van der Waals surface area contributed by atoms with Gasteiger partial charge in [0, 0.05) is 12.1 Å². The standard InChI is InChI=1S/C10H19N3O4/c1-10(2,3)13-7(14)6-12-9(17)11-5-4-8(15)16/h4-6H2,1-3H3,(H,13,14)(H,15,16)(H2,11,12,17). The van der Waals surface area contributed by atoms with Crippen molar-refractivity contribution in [3.63, 3.8) is 0 Å². The first-order valence-corrected chi connectivity index (χ1v) is 5.25. The highest BCUT2D eigenvalue weighted by molar-refractivity contribution is 5.84. The molecule has 4 N–H and O–H groups in total. The minimum atomic E-state index is -0.990. The summed E-state index contributed by atoms with van der Waals surface area (Å²) >= 11 is 0. The van der Waals surface area contributed by atoms with Crippen LogP contribution in [0.25, 0.3) is 0 Å². The third-order valence-corrected chi connectivity index (χ3v) is 1.55. The lowest BCUT2D eigenvalue weighted by molar-refractivity contribution is -0.136. The van der Waals surface area contributed by atoms with E-state index in [-0.39, 0.29) is 31.0 Å². The number of aliphatic carboxylic acids is 1. The number of hydrogen-bond acceptors (Lipinski definition) is 3. The van der Waals surface area contributed by atoms with Crippen molar-refractivity contribution in [2.24, 2.45) is 0 Å². The van der Waals surface area contributed by atoms with Crippen LogP contribution in [0.1, 0.15) is 27.2 Å². The van der Waals surface area contributed by atoms with E-state index in [1.807, 2.05) is 20.8 Å². The summed E-state index contributed by atoms with van der Waals surface area (Å²) in [5, 5.41) is 15.7. The smallest absolute Gasteiger partial charge is 0.315 e. The van der Waals surface area contributed by atoms with Crippen LogP contribution in [0.5, 0.6) is 0 Å². The van der Waals surface area contributed by atoms with Crippen molar-refractivity contribution in [1.82, 2.24) is 16.0 Å². The zero-order valence-corrected chi connectivity index (χ0v) is 10.3. The lowest BCUT2D eigenvalue weighted by Gasteiger charge is -2.20. The van der Waals surface area contributed by atoms with E-state index in [4.69, 9.17) is 5.11 Å². The van der Waals surface area contributed by atoms with Crippen LogP contribution in [0.2, 0.25) is 0 Å². The van der Waals surface area contributed by atoms with E-state index < -0.39 is 12.0 Å². The first kappa shape index (κ1) is 15.2. The zero-order chi connectivity index (χ0) is 13.5. The van der Waals surface area contributed by atoms with Crippen LogP contribution in [0, 0.1) is 0 Å². The Morgan fingerprint density at radius 3 is 2.18 bits per heavy atom. The molecule has 0 unspecified atom stereocenters. The highest BCUT2D eigenvalue weighted by Crippen LogP contribution is 1.96. The molecule has 0 aliphatic heterocycles. The molecule has 0 aromatic heterocycles. The highest BCUT2D eigenvalue weighted by atomic mass is 16.4. The van der Waals surface area contributed by atoms with Crippen molar-refractivity contribution < 1.29 is 19.5 Å². The second-order valence-electron chi connectivity index (χ2n) is 4.55. The van der Waals surface area contributed by atoms with Crippen molar-refractivity contribution in [3.05, 3.63) is 0 Å². The van der Waals surface area contributed by atoms with Crippen molar-refractivity contribution in [1.29, 1.82) is 0 Å². The fourth-order valence-corrected chi connectivity index (χ4v) is 0.968. The van der Waals surface area contributed by atoms with E-state index in [0.717, 1.165) is 0 Å². The summed E-state index contributed by atoms with van der Waals surface area (Å²) in [6, 6.07) is -0.560. The Kier molecular flexibility index (Phi) is 6.01. The molecule has 0 heterocycles. The van der Waals surface area contributed by atoms with E-state index in [1.54, 1.807) is 0 Å². The molecule has 0 atom stereocenters. The second-order valence-corrected chi connectivity index (χ2v) is 4.55. The molecular formula is C10H19N3O4. The van der Waals surface area contributed by atoms with Crippen LogP contribution >= 0.6 is 0 Å². The van der Waals surface area contributed by atoms with Gasteiger partial charge in [-0.3, -0.25) is 9.59 Å². The molecule has 7 heteroatoms. The van der Waals surface area contributed by atoms with Gasteiger partial charge in [-0.1, -0.05) is 0 Å². The molecule has 0 aromatic rings. The number of nitrogens with one attached hydrogen (secondary N) is 3. The minimum absolute atomic E-state index is 0.0298. The van der Waals surface area contributed by atoms with Gasteiger partial charge in [0.05, 0.1) is 13.0 Å². The van der Waals surface area contributed by atoms with E-state index >= 15 is 0 Å². The van der Waals surface area contributed by atoms with Gasteiger partial charge in [0.25, 0.3) is 0 Å². The van der Waals surface area contributed by atoms with Gasteiger partial charge in [-0.25, -0.2) is 4.79 Å². The van der Waals surface area contributed by atoms with Gasteiger partial charge in [-0.05, 0) is 20.8 Å². The SMILES string of the molecule is CC(C)(C)NC(=O)CNC(=O)NCCC(=O)O. The number of rotatable bonds is 5. The lowest BCUT2D eigenvalue weighted by Crippen LogP contribution is -2.47. The molecule has 0 bridgehead atoms. The lowest BCUT2D eigenvalue weighted by atomic mass is 10.1. The Labute approximate surface area is 100.0 Å². The quantitative estimate of drug-likeness (QED) is 0.532. The maximum Gasteiger partial charge on any atom is 0.315 e. The maximum atomic E-state index is 11.3. The highest BCUT2D eigenvalue weighted by Gasteiger charge is 2.13. The van der Waals surface area contributed by atoms with Gasteiger partial charge >= 0.3 is 12.0 Å². The summed E-state index contributed by atoms with van der Waals surface area (Å²) in [5.74, 6) is -1.29. The Morgan fingerprint density at radius 2 is 1.71 bits per heavy atom. The van der Waals surface area contributed by atoms with Crippen LogP contribution in [-0.2, 0) is 9.59 Å². The van der Waals surface area contributed by atoms with Crippen LogP contribution in [-0.4, -0.2) is 41.6 Å². The van der Waals surface area contributed by atoms with E-state index in [0.29, 0.717) is 0 Å². The van der Waals surface area contributed by atoms with Crippen molar-refractivity contribution in [2.45, 2.75) is 32.7 Å². The molecule has 0 aromatic carbocycles.